The Balaban J connectivity index is 1.65. The van der Waals surface area contributed by atoms with E-state index in [4.69, 9.17) is 11.6 Å². The van der Waals surface area contributed by atoms with E-state index < -0.39 is 21.7 Å². The largest absolute Gasteiger partial charge is 0.348 e. The molecule has 0 unspecified atom stereocenters. The smallest absolute Gasteiger partial charge is 0.254 e. The number of carbonyl (C=O) groups excluding carboxylic acids is 1. The number of carbonyl (C=O) groups is 1. The van der Waals surface area contributed by atoms with Gasteiger partial charge in [-0.2, -0.15) is 4.31 Å². The Kier molecular flexibility index (Phi) is 6.14. The lowest BCUT2D eigenvalue weighted by Gasteiger charge is -2.25. The van der Waals surface area contributed by atoms with Gasteiger partial charge in [0.25, 0.3) is 5.91 Å². The van der Waals surface area contributed by atoms with Gasteiger partial charge in [0.05, 0.1) is 10.5 Å². The minimum absolute atomic E-state index is 0.133. The molecular formula is C19H20ClFN2O3S. The van der Waals surface area contributed by atoms with Crippen LogP contribution in [-0.2, 0) is 16.6 Å². The van der Waals surface area contributed by atoms with Crippen LogP contribution in [0.25, 0.3) is 0 Å². The van der Waals surface area contributed by atoms with E-state index in [9.17, 15) is 17.6 Å². The summed E-state index contributed by atoms with van der Waals surface area (Å²) >= 11 is 5.79. The Morgan fingerprint density at radius 1 is 1.07 bits per heavy atom. The van der Waals surface area contributed by atoms with Crippen molar-refractivity contribution in [3.8, 4) is 0 Å². The standard InChI is InChI=1S/C19H20ClFN2O3S/c20-15-6-9-18(21)17(12-15)19(24)22-13-14-4-7-16(8-5-14)27(25,26)23-10-2-1-3-11-23/h4-9,12H,1-3,10-11,13H2,(H,22,24). The van der Waals surface area contributed by atoms with Crippen LogP contribution in [0.15, 0.2) is 47.4 Å². The maximum atomic E-state index is 13.7. The third-order valence-electron chi connectivity index (χ3n) is 4.50. The molecule has 1 saturated heterocycles. The number of nitrogens with one attached hydrogen (secondary N) is 1. The Morgan fingerprint density at radius 3 is 2.41 bits per heavy atom. The van der Waals surface area contributed by atoms with Crippen molar-refractivity contribution in [3.05, 3.63) is 64.4 Å². The van der Waals surface area contributed by atoms with Crippen molar-refractivity contribution >= 4 is 27.5 Å². The minimum Gasteiger partial charge on any atom is -0.348 e. The van der Waals surface area contributed by atoms with E-state index >= 15 is 0 Å². The molecule has 5 nitrogen and oxygen atoms in total. The number of hydrogen-bond acceptors (Lipinski definition) is 3. The fourth-order valence-corrected chi connectivity index (χ4v) is 4.67. The monoisotopic (exact) mass is 410 g/mol. The summed E-state index contributed by atoms with van der Waals surface area (Å²) in [6, 6.07) is 10.1. The summed E-state index contributed by atoms with van der Waals surface area (Å²) in [6.45, 7) is 1.24. The summed E-state index contributed by atoms with van der Waals surface area (Å²) in [5.41, 5.74) is 0.579. The summed E-state index contributed by atoms with van der Waals surface area (Å²) in [5, 5.41) is 2.88. The van der Waals surface area contributed by atoms with Gasteiger partial charge in [-0.15, -0.1) is 0 Å². The molecule has 144 valence electrons. The van der Waals surface area contributed by atoms with Gasteiger partial charge >= 0.3 is 0 Å². The number of rotatable bonds is 5. The van der Waals surface area contributed by atoms with Crippen molar-refractivity contribution in [2.24, 2.45) is 0 Å². The average Bonchev–Trinajstić information content (AvgIpc) is 2.69. The lowest BCUT2D eigenvalue weighted by Crippen LogP contribution is -2.35. The molecule has 0 saturated carbocycles. The lowest BCUT2D eigenvalue weighted by molar-refractivity contribution is 0.0947. The molecule has 2 aromatic rings. The second-order valence-electron chi connectivity index (χ2n) is 6.42. The molecule has 27 heavy (non-hydrogen) atoms. The lowest BCUT2D eigenvalue weighted by atomic mass is 10.2. The van der Waals surface area contributed by atoms with Gasteiger partial charge in [0.2, 0.25) is 10.0 Å². The maximum absolute atomic E-state index is 13.7. The number of piperidine rings is 1. The molecule has 2 aromatic carbocycles. The van der Waals surface area contributed by atoms with Gasteiger partial charge in [-0.1, -0.05) is 30.2 Å². The van der Waals surface area contributed by atoms with E-state index in [1.54, 1.807) is 12.1 Å². The molecule has 0 aliphatic carbocycles. The molecule has 1 amide bonds. The SMILES string of the molecule is O=C(NCc1ccc(S(=O)(=O)N2CCCCC2)cc1)c1cc(Cl)ccc1F. The Hall–Kier alpha value is -1.96. The highest BCUT2D eigenvalue weighted by atomic mass is 35.5. The Morgan fingerprint density at radius 2 is 1.74 bits per heavy atom. The first kappa shape index (κ1) is 19.8. The van der Waals surface area contributed by atoms with Crippen LogP contribution in [0.5, 0.6) is 0 Å². The molecule has 1 N–H and O–H groups in total. The predicted octanol–water partition coefficient (Wildman–Crippen LogP) is 3.58. The molecule has 1 heterocycles. The zero-order valence-electron chi connectivity index (χ0n) is 14.6. The Labute approximate surface area is 163 Å². The molecule has 0 spiro atoms. The molecule has 8 heteroatoms. The van der Waals surface area contributed by atoms with Crippen LogP contribution < -0.4 is 5.32 Å². The van der Waals surface area contributed by atoms with Crippen molar-refractivity contribution in [3.63, 3.8) is 0 Å². The van der Waals surface area contributed by atoms with Crippen molar-refractivity contribution in [2.45, 2.75) is 30.7 Å². The van der Waals surface area contributed by atoms with Crippen molar-refractivity contribution < 1.29 is 17.6 Å². The van der Waals surface area contributed by atoms with Crippen molar-refractivity contribution in [1.29, 1.82) is 0 Å². The molecule has 0 aromatic heterocycles. The summed E-state index contributed by atoms with van der Waals surface area (Å²) in [7, 11) is -3.48. The predicted molar refractivity (Wildman–Crippen MR) is 102 cm³/mol. The van der Waals surface area contributed by atoms with E-state index in [1.807, 2.05) is 0 Å². The van der Waals surface area contributed by atoms with Gasteiger partial charge in [0.1, 0.15) is 5.82 Å². The molecule has 3 rings (SSSR count). The van der Waals surface area contributed by atoms with Gasteiger partial charge in [0, 0.05) is 24.7 Å². The summed E-state index contributed by atoms with van der Waals surface area (Å²) in [4.78, 5) is 12.3. The molecule has 0 bridgehead atoms. The summed E-state index contributed by atoms with van der Waals surface area (Å²) in [5.74, 6) is -1.24. The molecule has 1 aliphatic heterocycles. The molecule has 0 radical (unpaired) electrons. The fraction of sp³-hybridized carbons (Fsp3) is 0.316. The highest BCUT2D eigenvalue weighted by Crippen LogP contribution is 2.21. The quantitative estimate of drug-likeness (QED) is 0.819. The van der Waals surface area contributed by atoms with Gasteiger partial charge < -0.3 is 5.32 Å². The van der Waals surface area contributed by atoms with Crippen LogP contribution in [0.4, 0.5) is 4.39 Å². The summed E-state index contributed by atoms with van der Waals surface area (Å²) in [6.07, 6.45) is 2.81. The first-order chi connectivity index (χ1) is 12.9. The zero-order chi connectivity index (χ0) is 19.4. The number of amides is 1. The van der Waals surface area contributed by atoms with Crippen LogP contribution in [0.1, 0.15) is 35.2 Å². The maximum Gasteiger partial charge on any atom is 0.254 e. The first-order valence-corrected chi connectivity index (χ1v) is 10.5. The van der Waals surface area contributed by atoms with Crippen LogP contribution >= 0.6 is 11.6 Å². The zero-order valence-corrected chi connectivity index (χ0v) is 16.2. The normalized spacial score (nSPS) is 15.5. The summed E-state index contributed by atoms with van der Waals surface area (Å²) < 4.78 is 40.5. The molecule has 1 aliphatic rings. The van der Waals surface area contributed by atoms with Crippen LogP contribution in [0, 0.1) is 5.82 Å². The van der Waals surface area contributed by atoms with E-state index in [-0.39, 0.29) is 22.0 Å². The first-order valence-electron chi connectivity index (χ1n) is 8.70. The van der Waals surface area contributed by atoms with E-state index in [1.165, 1.54) is 28.6 Å². The molecular weight excluding hydrogens is 391 g/mol. The van der Waals surface area contributed by atoms with E-state index in [0.29, 0.717) is 18.7 Å². The number of benzene rings is 2. The van der Waals surface area contributed by atoms with Gasteiger partial charge in [-0.25, -0.2) is 12.8 Å². The number of sulfonamides is 1. The van der Waals surface area contributed by atoms with Gasteiger partial charge in [-0.3, -0.25) is 4.79 Å². The van der Waals surface area contributed by atoms with E-state index in [2.05, 4.69) is 5.32 Å². The van der Waals surface area contributed by atoms with Crippen molar-refractivity contribution in [1.82, 2.24) is 9.62 Å². The van der Waals surface area contributed by atoms with Crippen LogP contribution in [0.3, 0.4) is 0 Å². The van der Waals surface area contributed by atoms with Crippen LogP contribution in [-0.4, -0.2) is 31.7 Å². The number of nitrogens with zero attached hydrogens (tertiary/aromatic N) is 1. The fourth-order valence-electron chi connectivity index (χ4n) is 2.98. The highest BCUT2D eigenvalue weighted by molar-refractivity contribution is 7.89. The number of hydrogen-bond donors (Lipinski definition) is 1. The van der Waals surface area contributed by atoms with Gasteiger partial charge in [0.15, 0.2) is 0 Å². The van der Waals surface area contributed by atoms with Gasteiger partial charge in [-0.05, 0) is 48.7 Å². The number of halogens is 2. The van der Waals surface area contributed by atoms with Crippen LogP contribution in [0.2, 0.25) is 5.02 Å². The van der Waals surface area contributed by atoms with E-state index in [0.717, 1.165) is 25.3 Å². The third-order valence-corrected chi connectivity index (χ3v) is 6.65. The Bertz CT molecular complexity index is 926. The highest BCUT2D eigenvalue weighted by Gasteiger charge is 2.25. The second-order valence-corrected chi connectivity index (χ2v) is 8.79. The average molecular weight is 411 g/mol. The topological polar surface area (TPSA) is 66.5 Å². The second kappa shape index (κ2) is 8.37. The van der Waals surface area contributed by atoms with Crippen molar-refractivity contribution in [2.75, 3.05) is 13.1 Å². The third kappa shape index (κ3) is 4.66. The minimum atomic E-state index is -3.48. The molecule has 0 atom stereocenters. The molecule has 1 fully saturated rings.